The summed E-state index contributed by atoms with van der Waals surface area (Å²) in [6, 6.07) is 7.97. The summed E-state index contributed by atoms with van der Waals surface area (Å²) in [5.41, 5.74) is 1.18. The lowest BCUT2D eigenvalue weighted by atomic mass is 10.1. The van der Waals surface area contributed by atoms with Crippen LogP contribution in [0.25, 0.3) is 0 Å². The van der Waals surface area contributed by atoms with Crippen LogP contribution in [0.2, 0.25) is 0 Å². The molecule has 0 amide bonds. The first kappa shape index (κ1) is 15.8. The molecule has 1 saturated heterocycles. The SMILES string of the molecule is Cc1cccc(OCCCN2CCOCC2CC(=O)O)c1. The van der Waals surface area contributed by atoms with Gasteiger partial charge in [0.05, 0.1) is 26.2 Å². The zero-order valence-electron chi connectivity index (χ0n) is 12.5. The molecule has 1 unspecified atom stereocenters. The molecule has 2 rings (SSSR count). The molecular weight excluding hydrogens is 270 g/mol. The van der Waals surface area contributed by atoms with Crippen molar-refractivity contribution in [2.75, 3.05) is 32.9 Å². The zero-order chi connectivity index (χ0) is 15.1. The van der Waals surface area contributed by atoms with E-state index in [2.05, 4.69) is 4.90 Å². The standard InChI is InChI=1S/C16H23NO4/c1-13-4-2-5-15(10-13)21-8-3-6-17-7-9-20-12-14(17)11-16(18)19/h2,4-5,10,14H,3,6-9,11-12H2,1H3,(H,18,19). The lowest BCUT2D eigenvalue weighted by molar-refractivity contribution is -0.140. The lowest BCUT2D eigenvalue weighted by Crippen LogP contribution is -2.47. The van der Waals surface area contributed by atoms with Crippen LogP contribution in [-0.2, 0) is 9.53 Å². The number of nitrogens with zero attached hydrogens (tertiary/aromatic N) is 1. The quantitative estimate of drug-likeness (QED) is 0.779. The highest BCUT2D eigenvalue weighted by Gasteiger charge is 2.24. The molecular formula is C16H23NO4. The Kier molecular flexibility index (Phi) is 6.02. The van der Waals surface area contributed by atoms with Crippen molar-refractivity contribution in [3.8, 4) is 5.75 Å². The van der Waals surface area contributed by atoms with Gasteiger partial charge in [-0.2, -0.15) is 0 Å². The van der Waals surface area contributed by atoms with E-state index in [0.717, 1.165) is 25.3 Å². The number of carboxylic acid groups (broad SMARTS) is 1. The van der Waals surface area contributed by atoms with Crippen molar-refractivity contribution in [3.63, 3.8) is 0 Å². The smallest absolute Gasteiger partial charge is 0.305 e. The van der Waals surface area contributed by atoms with Gasteiger partial charge in [-0.05, 0) is 31.0 Å². The second-order valence-corrected chi connectivity index (χ2v) is 5.38. The van der Waals surface area contributed by atoms with E-state index in [0.29, 0.717) is 19.8 Å². The van der Waals surface area contributed by atoms with E-state index in [9.17, 15) is 4.79 Å². The van der Waals surface area contributed by atoms with Crippen LogP contribution in [0.3, 0.4) is 0 Å². The second kappa shape index (κ2) is 8.00. The van der Waals surface area contributed by atoms with Crippen molar-refractivity contribution >= 4 is 5.97 Å². The summed E-state index contributed by atoms with van der Waals surface area (Å²) >= 11 is 0. The van der Waals surface area contributed by atoms with Gasteiger partial charge in [0, 0.05) is 19.1 Å². The van der Waals surface area contributed by atoms with E-state index in [1.807, 2.05) is 31.2 Å². The number of ether oxygens (including phenoxy) is 2. The summed E-state index contributed by atoms with van der Waals surface area (Å²) in [5.74, 6) is 0.116. The minimum Gasteiger partial charge on any atom is -0.494 e. The zero-order valence-corrected chi connectivity index (χ0v) is 12.5. The molecule has 5 heteroatoms. The summed E-state index contributed by atoms with van der Waals surface area (Å²) < 4.78 is 11.1. The predicted molar refractivity (Wildman–Crippen MR) is 79.7 cm³/mol. The Bertz CT molecular complexity index is 463. The summed E-state index contributed by atoms with van der Waals surface area (Å²) in [6.45, 7) is 5.49. The van der Waals surface area contributed by atoms with E-state index >= 15 is 0 Å². The molecule has 0 radical (unpaired) electrons. The van der Waals surface area contributed by atoms with Crippen molar-refractivity contribution in [1.82, 2.24) is 4.90 Å². The van der Waals surface area contributed by atoms with Gasteiger partial charge in [-0.3, -0.25) is 9.69 Å². The number of rotatable bonds is 7. The number of aryl methyl sites for hydroxylation is 1. The van der Waals surface area contributed by atoms with Crippen LogP contribution in [0.15, 0.2) is 24.3 Å². The van der Waals surface area contributed by atoms with Gasteiger partial charge in [0.15, 0.2) is 0 Å². The Labute approximate surface area is 125 Å². The summed E-state index contributed by atoms with van der Waals surface area (Å²) in [7, 11) is 0. The first-order chi connectivity index (χ1) is 10.1. The highest BCUT2D eigenvalue weighted by Crippen LogP contribution is 2.14. The first-order valence-corrected chi connectivity index (χ1v) is 7.38. The van der Waals surface area contributed by atoms with Crippen molar-refractivity contribution in [3.05, 3.63) is 29.8 Å². The van der Waals surface area contributed by atoms with E-state index in [-0.39, 0.29) is 12.5 Å². The van der Waals surface area contributed by atoms with Gasteiger partial charge in [0.2, 0.25) is 0 Å². The van der Waals surface area contributed by atoms with Crippen LogP contribution in [0.5, 0.6) is 5.75 Å². The number of carbonyl (C=O) groups is 1. The van der Waals surface area contributed by atoms with Crippen LogP contribution in [0, 0.1) is 6.92 Å². The lowest BCUT2D eigenvalue weighted by Gasteiger charge is -2.34. The van der Waals surface area contributed by atoms with Crippen LogP contribution in [-0.4, -0.2) is 54.9 Å². The van der Waals surface area contributed by atoms with E-state index < -0.39 is 5.97 Å². The molecule has 1 aromatic rings. The number of morpholine rings is 1. The van der Waals surface area contributed by atoms with Crippen molar-refractivity contribution < 1.29 is 19.4 Å². The van der Waals surface area contributed by atoms with Crippen molar-refractivity contribution in [2.45, 2.75) is 25.8 Å². The van der Waals surface area contributed by atoms with Crippen LogP contribution in [0.1, 0.15) is 18.4 Å². The molecule has 1 aromatic carbocycles. The van der Waals surface area contributed by atoms with Gasteiger partial charge in [-0.25, -0.2) is 0 Å². The van der Waals surface area contributed by atoms with Crippen LogP contribution in [0.4, 0.5) is 0 Å². The number of carboxylic acids is 1. The van der Waals surface area contributed by atoms with E-state index in [1.54, 1.807) is 0 Å². The molecule has 21 heavy (non-hydrogen) atoms. The molecule has 0 aromatic heterocycles. The first-order valence-electron chi connectivity index (χ1n) is 7.38. The summed E-state index contributed by atoms with van der Waals surface area (Å²) in [5, 5.41) is 8.92. The minimum absolute atomic E-state index is 0.0183. The Morgan fingerprint density at radius 3 is 3.14 bits per heavy atom. The highest BCUT2D eigenvalue weighted by molar-refractivity contribution is 5.67. The van der Waals surface area contributed by atoms with Gasteiger partial charge in [-0.1, -0.05) is 12.1 Å². The van der Waals surface area contributed by atoms with Crippen LogP contribution >= 0.6 is 0 Å². The number of aliphatic carboxylic acids is 1. The summed E-state index contributed by atoms with van der Waals surface area (Å²) in [4.78, 5) is 13.0. The van der Waals surface area contributed by atoms with E-state index in [4.69, 9.17) is 14.6 Å². The number of benzene rings is 1. The van der Waals surface area contributed by atoms with Gasteiger partial charge < -0.3 is 14.6 Å². The largest absolute Gasteiger partial charge is 0.494 e. The molecule has 0 saturated carbocycles. The molecule has 1 aliphatic heterocycles. The fourth-order valence-corrected chi connectivity index (χ4v) is 2.54. The molecule has 1 atom stereocenters. The fourth-order valence-electron chi connectivity index (χ4n) is 2.54. The monoisotopic (exact) mass is 293 g/mol. The van der Waals surface area contributed by atoms with Crippen molar-refractivity contribution in [1.29, 1.82) is 0 Å². The Hall–Kier alpha value is -1.59. The molecule has 1 aliphatic rings. The third kappa shape index (κ3) is 5.36. The average molecular weight is 293 g/mol. The molecule has 1 fully saturated rings. The molecule has 0 spiro atoms. The van der Waals surface area contributed by atoms with Crippen molar-refractivity contribution in [2.24, 2.45) is 0 Å². The molecule has 1 N–H and O–H groups in total. The Morgan fingerprint density at radius 2 is 2.38 bits per heavy atom. The van der Waals surface area contributed by atoms with Crippen LogP contribution < -0.4 is 4.74 Å². The maximum atomic E-state index is 10.9. The highest BCUT2D eigenvalue weighted by atomic mass is 16.5. The van der Waals surface area contributed by atoms with E-state index in [1.165, 1.54) is 5.56 Å². The summed E-state index contributed by atoms with van der Waals surface area (Å²) in [6.07, 6.45) is 1.02. The molecule has 1 heterocycles. The number of hydrogen-bond donors (Lipinski definition) is 1. The van der Waals surface area contributed by atoms with Gasteiger partial charge in [0.1, 0.15) is 5.75 Å². The third-order valence-corrected chi connectivity index (χ3v) is 3.61. The molecule has 5 nitrogen and oxygen atoms in total. The Morgan fingerprint density at radius 1 is 1.52 bits per heavy atom. The maximum Gasteiger partial charge on any atom is 0.305 e. The Balaban J connectivity index is 1.72. The third-order valence-electron chi connectivity index (χ3n) is 3.61. The molecule has 116 valence electrons. The molecule has 0 aliphatic carbocycles. The number of hydrogen-bond acceptors (Lipinski definition) is 4. The maximum absolute atomic E-state index is 10.9. The minimum atomic E-state index is -0.772. The van der Waals surface area contributed by atoms with Gasteiger partial charge in [0.25, 0.3) is 0 Å². The fraction of sp³-hybridized carbons (Fsp3) is 0.562. The van der Waals surface area contributed by atoms with Gasteiger partial charge in [-0.15, -0.1) is 0 Å². The van der Waals surface area contributed by atoms with Gasteiger partial charge >= 0.3 is 5.97 Å². The average Bonchev–Trinajstić information content (AvgIpc) is 2.45. The normalized spacial score (nSPS) is 19.4. The second-order valence-electron chi connectivity index (χ2n) is 5.38. The molecule has 0 bridgehead atoms. The topological polar surface area (TPSA) is 59.0 Å². The predicted octanol–water partition coefficient (Wildman–Crippen LogP) is 1.94.